The number of hydrogen-bond acceptors (Lipinski definition) is 2. The summed E-state index contributed by atoms with van der Waals surface area (Å²) in [5.41, 5.74) is 5.75. The standard InChI is InChI=1S/C17H19N3/c1-12-5-6-13(17(2,3)4)11-14(12)15-7-8-16-18-9-10-20(16)19-15/h5-11H,1-4H3. The number of benzene rings is 1. The molecule has 0 amide bonds. The highest BCUT2D eigenvalue weighted by atomic mass is 15.2. The van der Waals surface area contributed by atoms with Crippen LogP contribution >= 0.6 is 0 Å². The molecule has 20 heavy (non-hydrogen) atoms. The van der Waals surface area contributed by atoms with Crippen LogP contribution < -0.4 is 0 Å². The van der Waals surface area contributed by atoms with Gasteiger partial charge in [-0.3, -0.25) is 0 Å². The van der Waals surface area contributed by atoms with E-state index < -0.39 is 0 Å². The van der Waals surface area contributed by atoms with Gasteiger partial charge < -0.3 is 0 Å². The number of rotatable bonds is 1. The van der Waals surface area contributed by atoms with Crippen LogP contribution in [0.15, 0.2) is 42.7 Å². The summed E-state index contributed by atoms with van der Waals surface area (Å²) in [7, 11) is 0. The van der Waals surface area contributed by atoms with Crippen molar-refractivity contribution in [3.05, 3.63) is 53.9 Å². The first-order valence-electron chi connectivity index (χ1n) is 6.87. The predicted octanol–water partition coefficient (Wildman–Crippen LogP) is 4.00. The van der Waals surface area contributed by atoms with Crippen molar-refractivity contribution in [3.63, 3.8) is 0 Å². The largest absolute Gasteiger partial charge is 0.236 e. The van der Waals surface area contributed by atoms with E-state index in [-0.39, 0.29) is 5.41 Å². The Morgan fingerprint density at radius 3 is 2.60 bits per heavy atom. The number of aryl methyl sites for hydroxylation is 1. The van der Waals surface area contributed by atoms with E-state index in [1.54, 1.807) is 6.20 Å². The first-order valence-corrected chi connectivity index (χ1v) is 6.87. The van der Waals surface area contributed by atoms with E-state index in [0.29, 0.717) is 0 Å². The first-order chi connectivity index (χ1) is 9.45. The molecule has 0 radical (unpaired) electrons. The van der Waals surface area contributed by atoms with Gasteiger partial charge in [-0.05, 0) is 41.7 Å². The average molecular weight is 265 g/mol. The van der Waals surface area contributed by atoms with Crippen molar-refractivity contribution < 1.29 is 0 Å². The molecule has 2 heterocycles. The van der Waals surface area contributed by atoms with Crippen LogP contribution in [0, 0.1) is 6.92 Å². The topological polar surface area (TPSA) is 30.2 Å². The number of aromatic nitrogens is 3. The molecule has 0 saturated heterocycles. The second-order valence-electron chi connectivity index (χ2n) is 6.23. The van der Waals surface area contributed by atoms with Gasteiger partial charge in [0.05, 0.1) is 5.69 Å². The van der Waals surface area contributed by atoms with E-state index in [2.05, 4.69) is 56.0 Å². The fourth-order valence-electron chi connectivity index (χ4n) is 2.32. The Bertz CT molecular complexity index is 763. The van der Waals surface area contributed by atoms with Crippen LogP contribution in [0.25, 0.3) is 16.9 Å². The lowest BCUT2D eigenvalue weighted by atomic mass is 9.85. The van der Waals surface area contributed by atoms with E-state index in [9.17, 15) is 0 Å². The summed E-state index contributed by atoms with van der Waals surface area (Å²) in [6, 6.07) is 10.7. The summed E-state index contributed by atoms with van der Waals surface area (Å²) in [6.07, 6.45) is 3.65. The molecule has 3 heteroatoms. The van der Waals surface area contributed by atoms with Crippen molar-refractivity contribution in [2.24, 2.45) is 0 Å². The third-order valence-electron chi connectivity index (χ3n) is 3.63. The molecule has 3 nitrogen and oxygen atoms in total. The Morgan fingerprint density at radius 2 is 1.85 bits per heavy atom. The number of imidazole rings is 1. The van der Waals surface area contributed by atoms with Gasteiger partial charge in [0.15, 0.2) is 5.65 Å². The summed E-state index contributed by atoms with van der Waals surface area (Å²) in [5.74, 6) is 0. The molecule has 0 aliphatic carbocycles. The van der Waals surface area contributed by atoms with Gasteiger partial charge in [-0.15, -0.1) is 0 Å². The number of hydrogen-bond donors (Lipinski definition) is 0. The zero-order valence-electron chi connectivity index (χ0n) is 12.4. The Morgan fingerprint density at radius 1 is 1.05 bits per heavy atom. The maximum Gasteiger partial charge on any atom is 0.153 e. The van der Waals surface area contributed by atoms with Crippen molar-refractivity contribution in [2.75, 3.05) is 0 Å². The third kappa shape index (κ3) is 2.20. The molecular formula is C17H19N3. The van der Waals surface area contributed by atoms with E-state index in [0.717, 1.165) is 11.3 Å². The molecule has 3 rings (SSSR count). The van der Waals surface area contributed by atoms with Crippen molar-refractivity contribution in [1.29, 1.82) is 0 Å². The highest BCUT2D eigenvalue weighted by Gasteiger charge is 2.15. The highest BCUT2D eigenvalue weighted by molar-refractivity contribution is 5.65. The van der Waals surface area contributed by atoms with E-state index in [1.165, 1.54) is 16.7 Å². The molecule has 0 spiro atoms. The highest BCUT2D eigenvalue weighted by Crippen LogP contribution is 2.29. The normalized spacial score (nSPS) is 12.0. The van der Waals surface area contributed by atoms with Gasteiger partial charge in [0.2, 0.25) is 0 Å². The van der Waals surface area contributed by atoms with Crippen LogP contribution in [0.5, 0.6) is 0 Å². The number of fused-ring (bicyclic) bond motifs is 1. The zero-order chi connectivity index (χ0) is 14.3. The van der Waals surface area contributed by atoms with Crippen molar-refractivity contribution in [2.45, 2.75) is 33.1 Å². The Hall–Kier alpha value is -2.16. The van der Waals surface area contributed by atoms with Crippen LogP contribution in [0.2, 0.25) is 0 Å². The quantitative estimate of drug-likeness (QED) is 0.665. The van der Waals surface area contributed by atoms with Gasteiger partial charge in [-0.25, -0.2) is 9.50 Å². The maximum absolute atomic E-state index is 4.64. The smallest absolute Gasteiger partial charge is 0.153 e. The van der Waals surface area contributed by atoms with E-state index >= 15 is 0 Å². The minimum atomic E-state index is 0.140. The molecule has 3 aromatic rings. The van der Waals surface area contributed by atoms with Crippen molar-refractivity contribution in [3.8, 4) is 11.3 Å². The fourth-order valence-corrected chi connectivity index (χ4v) is 2.32. The van der Waals surface area contributed by atoms with Crippen LogP contribution in [0.1, 0.15) is 31.9 Å². The molecule has 0 saturated carbocycles. The lowest BCUT2D eigenvalue weighted by Crippen LogP contribution is -2.11. The zero-order valence-corrected chi connectivity index (χ0v) is 12.4. The van der Waals surface area contributed by atoms with Gasteiger partial charge in [-0.2, -0.15) is 5.10 Å². The molecular weight excluding hydrogens is 246 g/mol. The van der Waals surface area contributed by atoms with Gasteiger partial charge in [0, 0.05) is 18.0 Å². The van der Waals surface area contributed by atoms with Crippen LogP contribution in [0.4, 0.5) is 0 Å². The average Bonchev–Trinajstić information content (AvgIpc) is 2.85. The fraction of sp³-hybridized carbons (Fsp3) is 0.294. The second-order valence-corrected chi connectivity index (χ2v) is 6.23. The molecule has 0 bridgehead atoms. The maximum atomic E-state index is 4.64. The van der Waals surface area contributed by atoms with Crippen LogP contribution in [-0.4, -0.2) is 14.6 Å². The third-order valence-corrected chi connectivity index (χ3v) is 3.63. The summed E-state index contributed by atoms with van der Waals surface area (Å²) in [4.78, 5) is 4.23. The molecule has 1 aromatic carbocycles. The predicted molar refractivity (Wildman–Crippen MR) is 81.9 cm³/mol. The van der Waals surface area contributed by atoms with Crippen LogP contribution in [-0.2, 0) is 5.41 Å². The molecule has 0 N–H and O–H groups in total. The summed E-state index contributed by atoms with van der Waals surface area (Å²) < 4.78 is 1.82. The van der Waals surface area contributed by atoms with E-state index in [1.807, 2.05) is 22.8 Å². The minimum absolute atomic E-state index is 0.140. The van der Waals surface area contributed by atoms with E-state index in [4.69, 9.17) is 0 Å². The molecule has 102 valence electrons. The Labute approximate surface area is 119 Å². The molecule has 0 aliphatic rings. The van der Waals surface area contributed by atoms with Crippen LogP contribution in [0.3, 0.4) is 0 Å². The molecule has 0 fully saturated rings. The monoisotopic (exact) mass is 265 g/mol. The summed E-state index contributed by atoms with van der Waals surface area (Å²) in [5, 5.41) is 4.64. The lowest BCUT2D eigenvalue weighted by Gasteiger charge is -2.20. The Kier molecular flexibility index (Phi) is 2.85. The van der Waals surface area contributed by atoms with Crippen molar-refractivity contribution >= 4 is 5.65 Å². The summed E-state index contributed by atoms with van der Waals surface area (Å²) in [6.45, 7) is 8.82. The van der Waals surface area contributed by atoms with Gasteiger partial charge in [-0.1, -0.05) is 32.9 Å². The second kappa shape index (κ2) is 4.44. The van der Waals surface area contributed by atoms with Crippen molar-refractivity contribution in [1.82, 2.24) is 14.6 Å². The first kappa shape index (κ1) is 12.9. The lowest BCUT2D eigenvalue weighted by molar-refractivity contribution is 0.590. The Balaban J connectivity index is 2.17. The van der Waals surface area contributed by atoms with Gasteiger partial charge >= 0.3 is 0 Å². The molecule has 0 atom stereocenters. The molecule has 2 aromatic heterocycles. The van der Waals surface area contributed by atoms with Gasteiger partial charge in [0.1, 0.15) is 0 Å². The molecule has 0 unspecified atom stereocenters. The molecule has 0 aliphatic heterocycles. The van der Waals surface area contributed by atoms with Gasteiger partial charge in [0.25, 0.3) is 0 Å². The SMILES string of the molecule is Cc1ccc(C(C)(C)C)cc1-c1ccc2nccn2n1. The number of nitrogens with zero attached hydrogens (tertiary/aromatic N) is 3. The minimum Gasteiger partial charge on any atom is -0.236 e. The summed E-state index contributed by atoms with van der Waals surface area (Å²) >= 11 is 0.